The lowest BCUT2D eigenvalue weighted by molar-refractivity contribution is -0.221. The van der Waals surface area contributed by atoms with E-state index in [2.05, 4.69) is 0 Å². The topological polar surface area (TPSA) is 84.2 Å². The maximum absolute atomic E-state index is 14.1. The van der Waals surface area contributed by atoms with Crippen molar-refractivity contribution in [2.45, 2.75) is 56.2 Å². The summed E-state index contributed by atoms with van der Waals surface area (Å²) in [4.78, 5) is 28.3. The van der Waals surface area contributed by atoms with Crippen LogP contribution >= 0.6 is 23.4 Å². The number of nitrogens with zero attached hydrogens (tertiary/aromatic N) is 3. The minimum absolute atomic E-state index is 0.00866. The number of amides is 1. The van der Waals surface area contributed by atoms with Crippen LogP contribution in [-0.4, -0.2) is 52.6 Å². The van der Waals surface area contributed by atoms with E-state index in [4.69, 9.17) is 21.1 Å². The van der Waals surface area contributed by atoms with Gasteiger partial charge in [0.15, 0.2) is 5.69 Å². The van der Waals surface area contributed by atoms with Crippen molar-refractivity contribution < 1.29 is 32.5 Å². The Hall–Kier alpha value is -3.19. The van der Waals surface area contributed by atoms with Gasteiger partial charge in [-0.25, -0.2) is 0 Å². The van der Waals surface area contributed by atoms with Gasteiger partial charge in [-0.1, -0.05) is 55.8 Å². The van der Waals surface area contributed by atoms with Crippen molar-refractivity contribution in [2.24, 2.45) is 5.92 Å². The highest BCUT2D eigenvalue weighted by atomic mass is 35.5. The number of benzene rings is 2. The van der Waals surface area contributed by atoms with Gasteiger partial charge in [-0.2, -0.15) is 13.2 Å². The molecular weight excluding hydrogens is 595 g/mol. The van der Waals surface area contributed by atoms with E-state index in [0.29, 0.717) is 15.7 Å². The van der Waals surface area contributed by atoms with Crippen molar-refractivity contribution in [2.75, 3.05) is 18.3 Å². The van der Waals surface area contributed by atoms with Gasteiger partial charge in [0.25, 0.3) is 5.91 Å². The Morgan fingerprint density at radius 1 is 1.07 bits per heavy atom. The second kappa shape index (κ2) is 11.8. The fourth-order valence-electron chi connectivity index (χ4n) is 5.01. The van der Waals surface area contributed by atoms with Crippen LogP contribution in [0.5, 0.6) is 5.75 Å². The number of aromatic nitrogens is 1. The third-order valence-electron chi connectivity index (χ3n) is 7.14. The Morgan fingerprint density at radius 2 is 1.79 bits per heavy atom. The zero-order chi connectivity index (χ0) is 30.3. The average molecular weight is 624 g/mol. The van der Waals surface area contributed by atoms with Gasteiger partial charge < -0.3 is 19.5 Å². The van der Waals surface area contributed by atoms with Gasteiger partial charge in [-0.05, 0) is 41.7 Å². The molecule has 224 valence electrons. The number of halogens is 4. The summed E-state index contributed by atoms with van der Waals surface area (Å²) >= 11 is 8.17. The number of thioether (sulfide) groups is 1. The summed E-state index contributed by atoms with van der Waals surface area (Å²) in [6, 6.07) is 11.1. The molecule has 0 radical (unpaired) electrons. The van der Waals surface area contributed by atoms with Crippen LogP contribution in [0.1, 0.15) is 54.0 Å². The van der Waals surface area contributed by atoms with Crippen LogP contribution in [0.4, 0.5) is 13.2 Å². The summed E-state index contributed by atoms with van der Waals surface area (Å²) in [6.45, 7) is 2.21. The van der Waals surface area contributed by atoms with E-state index in [1.807, 2.05) is 44.2 Å². The minimum Gasteiger partial charge on any atom is -0.435 e. The molecule has 0 spiro atoms. The zero-order valence-electron chi connectivity index (χ0n) is 23.0. The predicted octanol–water partition coefficient (Wildman–Crippen LogP) is 5.53. The molecule has 0 saturated heterocycles. The zero-order valence-corrected chi connectivity index (χ0v) is 24.5. The number of carbonyl (C=O) groups is 1. The van der Waals surface area contributed by atoms with Crippen molar-refractivity contribution in [1.29, 1.82) is 0 Å². The first kappa shape index (κ1) is 30.3. The lowest BCUT2D eigenvalue weighted by atomic mass is 9.94. The SMILES string of the molecule is CC(C)COC(O)Oc1c2n(ccc1=O)N([C@@H]1c3ccccc3SCc3c(Cl)cccc31)CN([C@H](C)C(F)(F)F)C2=O. The van der Waals surface area contributed by atoms with Gasteiger partial charge in [0.05, 0.1) is 12.6 Å². The Kier molecular flexibility index (Phi) is 8.53. The predicted molar refractivity (Wildman–Crippen MR) is 152 cm³/mol. The molecule has 3 heterocycles. The maximum Gasteiger partial charge on any atom is 0.408 e. The third kappa shape index (κ3) is 5.72. The van der Waals surface area contributed by atoms with Crippen molar-refractivity contribution in [1.82, 2.24) is 9.58 Å². The number of ether oxygens (including phenoxy) is 2. The van der Waals surface area contributed by atoms with E-state index in [1.54, 1.807) is 28.9 Å². The number of fused-ring (bicyclic) bond motifs is 3. The number of alkyl halides is 3. The number of aliphatic hydroxyl groups excluding tert-OH is 1. The molecule has 3 atom stereocenters. The molecule has 1 amide bonds. The van der Waals surface area contributed by atoms with Crippen molar-refractivity contribution in [3.8, 4) is 5.75 Å². The van der Waals surface area contributed by atoms with E-state index >= 15 is 0 Å². The van der Waals surface area contributed by atoms with Crippen molar-refractivity contribution >= 4 is 29.3 Å². The van der Waals surface area contributed by atoms with Crippen LogP contribution in [0.2, 0.25) is 5.02 Å². The molecule has 8 nitrogen and oxygen atoms in total. The molecular formula is C29H29ClF3N3O5S. The molecule has 1 aromatic heterocycles. The lowest BCUT2D eigenvalue weighted by Crippen LogP contribution is -2.60. The third-order valence-corrected chi connectivity index (χ3v) is 8.61. The van der Waals surface area contributed by atoms with E-state index in [-0.39, 0.29) is 12.5 Å². The lowest BCUT2D eigenvalue weighted by Gasteiger charge is -2.46. The Bertz CT molecular complexity index is 1550. The van der Waals surface area contributed by atoms with Gasteiger partial charge in [0.1, 0.15) is 12.7 Å². The molecule has 2 aromatic carbocycles. The molecule has 0 fully saturated rings. The molecule has 0 bridgehead atoms. The number of aliphatic hydroxyl groups is 1. The van der Waals surface area contributed by atoms with Crippen molar-refractivity contribution in [3.05, 3.63) is 92.4 Å². The molecule has 0 aliphatic carbocycles. The molecule has 42 heavy (non-hydrogen) atoms. The van der Waals surface area contributed by atoms with Gasteiger partial charge in [-0.15, -0.1) is 11.8 Å². The molecule has 1 unspecified atom stereocenters. The summed E-state index contributed by atoms with van der Waals surface area (Å²) in [6.07, 6.45) is -3.44. The number of hydrogen-bond acceptors (Lipinski definition) is 7. The standard InChI is InChI=1S/C29H29ClF3N3O5S/c1-16(2)13-40-28(39)41-26-22(37)11-12-35-25(26)27(38)34(17(3)29(31,32)33)15-36(35)24-18-8-6-9-21(30)20(18)14-42-23-10-5-4-7-19(23)24/h4-12,16-17,24,28,39H,13-15H2,1-3H3/t17-,24+,28?/m1/s1. The smallest absolute Gasteiger partial charge is 0.408 e. The first-order valence-corrected chi connectivity index (χ1v) is 14.6. The van der Waals surface area contributed by atoms with Crippen LogP contribution in [0.15, 0.2) is 64.4 Å². The summed E-state index contributed by atoms with van der Waals surface area (Å²) in [5, 5.41) is 12.5. The van der Waals surface area contributed by atoms with Crippen molar-refractivity contribution in [3.63, 3.8) is 0 Å². The molecule has 2 aliphatic rings. The summed E-state index contributed by atoms with van der Waals surface area (Å²) in [5.41, 5.74) is 1.05. The van der Waals surface area contributed by atoms with Gasteiger partial charge >= 0.3 is 12.7 Å². The molecule has 2 aliphatic heterocycles. The highest BCUT2D eigenvalue weighted by Crippen LogP contribution is 2.45. The summed E-state index contributed by atoms with van der Waals surface area (Å²) in [7, 11) is 0. The average Bonchev–Trinajstić information content (AvgIpc) is 3.10. The van der Waals surface area contributed by atoms with Crippen LogP contribution < -0.4 is 15.2 Å². The van der Waals surface area contributed by atoms with Crippen LogP contribution in [0.25, 0.3) is 0 Å². The van der Waals surface area contributed by atoms with Crippen LogP contribution in [0, 0.1) is 5.92 Å². The van der Waals surface area contributed by atoms with Gasteiger partial charge in [0, 0.05) is 27.9 Å². The molecule has 3 aromatic rings. The Labute approximate surface area is 249 Å². The van der Waals surface area contributed by atoms with Gasteiger partial charge in [0.2, 0.25) is 11.2 Å². The van der Waals surface area contributed by atoms with E-state index < -0.39 is 54.2 Å². The van der Waals surface area contributed by atoms with E-state index in [9.17, 15) is 27.9 Å². The second-order valence-electron chi connectivity index (χ2n) is 10.5. The fraction of sp³-hybridized carbons (Fsp3) is 0.379. The number of hydrogen-bond donors (Lipinski definition) is 1. The Balaban J connectivity index is 1.73. The second-order valence-corrected chi connectivity index (χ2v) is 11.9. The monoisotopic (exact) mass is 623 g/mol. The van der Waals surface area contributed by atoms with Crippen LogP contribution in [-0.2, 0) is 10.5 Å². The van der Waals surface area contributed by atoms with E-state index in [0.717, 1.165) is 34.6 Å². The molecule has 5 rings (SSSR count). The van der Waals surface area contributed by atoms with Crippen LogP contribution in [0.3, 0.4) is 0 Å². The summed E-state index contributed by atoms with van der Waals surface area (Å²) < 4.78 is 54.3. The van der Waals surface area contributed by atoms with E-state index in [1.165, 1.54) is 10.9 Å². The maximum atomic E-state index is 14.1. The number of rotatable bonds is 7. The fourth-order valence-corrected chi connectivity index (χ4v) is 6.48. The largest absolute Gasteiger partial charge is 0.435 e. The highest BCUT2D eigenvalue weighted by molar-refractivity contribution is 7.98. The first-order valence-electron chi connectivity index (χ1n) is 13.2. The Morgan fingerprint density at radius 3 is 2.50 bits per heavy atom. The molecule has 13 heteroatoms. The van der Waals surface area contributed by atoms with Gasteiger partial charge in [-0.3, -0.25) is 19.3 Å². The minimum atomic E-state index is -4.77. The molecule has 0 saturated carbocycles. The normalized spacial score (nSPS) is 18.2. The number of pyridine rings is 1. The number of carbonyl (C=O) groups excluding carboxylic acids is 1. The highest BCUT2D eigenvalue weighted by Gasteiger charge is 2.48. The summed E-state index contributed by atoms with van der Waals surface area (Å²) in [5.74, 6) is -1.18. The first-order chi connectivity index (χ1) is 19.9. The quantitative estimate of drug-likeness (QED) is 0.347. The molecule has 1 N–H and O–H groups in total.